The van der Waals surface area contributed by atoms with Crippen molar-refractivity contribution < 1.29 is 9.59 Å². The fourth-order valence-electron chi connectivity index (χ4n) is 4.64. The van der Waals surface area contributed by atoms with Gasteiger partial charge < -0.3 is 14.8 Å². The number of rotatable bonds is 3. The van der Waals surface area contributed by atoms with Crippen LogP contribution in [0.5, 0.6) is 0 Å². The number of amides is 2. The average molecular weight is 367 g/mol. The number of para-hydroxylation sites is 1. The number of aromatic nitrogens is 1. The van der Waals surface area contributed by atoms with E-state index in [1.165, 1.54) is 12.8 Å². The molecule has 2 heterocycles. The summed E-state index contributed by atoms with van der Waals surface area (Å²) in [5.74, 6) is 0.702. The van der Waals surface area contributed by atoms with Crippen molar-refractivity contribution in [2.75, 3.05) is 26.2 Å². The Morgan fingerprint density at radius 3 is 2.52 bits per heavy atom. The van der Waals surface area contributed by atoms with Gasteiger partial charge in [-0.25, -0.2) is 0 Å². The monoisotopic (exact) mass is 367 g/mol. The number of nitrogens with one attached hydrogen (secondary N) is 1. The van der Waals surface area contributed by atoms with Gasteiger partial charge >= 0.3 is 0 Å². The predicted molar refractivity (Wildman–Crippen MR) is 106 cm³/mol. The summed E-state index contributed by atoms with van der Waals surface area (Å²) < 4.78 is 0. The molecule has 144 valence electrons. The molecule has 1 saturated carbocycles. The molecule has 1 aliphatic heterocycles. The summed E-state index contributed by atoms with van der Waals surface area (Å²) in [7, 11) is 0. The van der Waals surface area contributed by atoms with Crippen LogP contribution in [0.2, 0.25) is 0 Å². The molecule has 1 N–H and O–H groups in total. The summed E-state index contributed by atoms with van der Waals surface area (Å²) in [5, 5.41) is 1.14. The molecule has 2 fully saturated rings. The highest BCUT2D eigenvalue weighted by Crippen LogP contribution is 2.27. The zero-order valence-corrected chi connectivity index (χ0v) is 16.2. The second-order valence-electron chi connectivity index (χ2n) is 7.99. The van der Waals surface area contributed by atoms with E-state index in [2.05, 4.69) is 17.1 Å². The van der Waals surface area contributed by atoms with Crippen LogP contribution in [0.15, 0.2) is 24.3 Å². The third kappa shape index (κ3) is 3.73. The maximum atomic E-state index is 13.0. The van der Waals surface area contributed by atoms with Crippen LogP contribution in [-0.4, -0.2) is 52.8 Å². The second-order valence-corrected chi connectivity index (χ2v) is 7.99. The number of aryl methyl sites for hydroxylation is 1. The van der Waals surface area contributed by atoms with Crippen molar-refractivity contribution >= 4 is 22.7 Å². The fraction of sp³-hybridized carbons (Fsp3) is 0.545. The van der Waals surface area contributed by atoms with E-state index in [4.69, 9.17) is 0 Å². The van der Waals surface area contributed by atoms with Gasteiger partial charge in [0, 0.05) is 48.7 Å². The van der Waals surface area contributed by atoms with Crippen molar-refractivity contribution in [1.29, 1.82) is 0 Å². The highest BCUT2D eigenvalue weighted by Gasteiger charge is 2.29. The van der Waals surface area contributed by atoms with Gasteiger partial charge in [-0.3, -0.25) is 9.59 Å². The Labute approximate surface area is 160 Å². The van der Waals surface area contributed by atoms with Crippen molar-refractivity contribution in [1.82, 2.24) is 14.8 Å². The minimum absolute atomic E-state index is 0.165. The van der Waals surface area contributed by atoms with Crippen molar-refractivity contribution in [3.8, 4) is 0 Å². The average Bonchev–Trinajstić information content (AvgIpc) is 3.23. The van der Waals surface area contributed by atoms with Crippen molar-refractivity contribution in [2.24, 2.45) is 5.92 Å². The number of hydrogen-bond donors (Lipinski definition) is 1. The van der Waals surface area contributed by atoms with E-state index in [9.17, 15) is 9.59 Å². The lowest BCUT2D eigenvalue weighted by Gasteiger charge is -2.24. The van der Waals surface area contributed by atoms with Crippen LogP contribution in [0.3, 0.4) is 0 Å². The van der Waals surface area contributed by atoms with Crippen molar-refractivity contribution in [3.63, 3.8) is 0 Å². The molecule has 2 aliphatic rings. The Hall–Kier alpha value is -2.30. The molecule has 1 aromatic heterocycles. The van der Waals surface area contributed by atoms with E-state index in [-0.39, 0.29) is 11.8 Å². The highest BCUT2D eigenvalue weighted by atomic mass is 16.2. The van der Waals surface area contributed by atoms with Crippen LogP contribution < -0.4 is 0 Å². The molecule has 27 heavy (non-hydrogen) atoms. The largest absolute Gasteiger partial charge is 0.358 e. The molecule has 2 aromatic rings. The summed E-state index contributed by atoms with van der Waals surface area (Å²) in [6.07, 6.45) is 5.73. The molecular formula is C22H29N3O2. The molecule has 2 amide bonds. The first-order valence-corrected chi connectivity index (χ1v) is 10.3. The van der Waals surface area contributed by atoms with Crippen LogP contribution >= 0.6 is 0 Å². The quantitative estimate of drug-likeness (QED) is 0.905. The molecule has 5 heteroatoms. The Balaban J connectivity index is 1.40. The molecule has 0 radical (unpaired) electrons. The molecule has 0 unspecified atom stereocenters. The lowest BCUT2D eigenvalue weighted by atomic mass is 10.1. The summed E-state index contributed by atoms with van der Waals surface area (Å²) in [6.45, 7) is 4.89. The summed E-state index contributed by atoms with van der Waals surface area (Å²) in [4.78, 5) is 33.0. The third-order valence-corrected chi connectivity index (χ3v) is 6.22. The number of nitrogens with zero attached hydrogens (tertiary/aromatic N) is 2. The standard InChI is InChI=1S/C22H29N3O2/c1-16-19(18-9-4-5-10-20(18)23-16)15-21(26)24-11-6-12-25(14-13-24)22(27)17-7-2-3-8-17/h4-5,9-10,17,23H,2-3,6-8,11-15H2,1H3. The third-order valence-electron chi connectivity index (χ3n) is 6.22. The van der Waals surface area contributed by atoms with Gasteiger partial charge in [0.2, 0.25) is 11.8 Å². The Kier molecular flexibility index (Phi) is 5.19. The first kappa shape index (κ1) is 18.1. The number of carbonyl (C=O) groups is 2. The van der Waals surface area contributed by atoms with E-state index in [0.717, 1.165) is 54.5 Å². The Morgan fingerprint density at radius 2 is 1.70 bits per heavy atom. The molecular weight excluding hydrogens is 338 g/mol. The summed E-state index contributed by atoms with van der Waals surface area (Å²) in [5.41, 5.74) is 3.25. The lowest BCUT2D eigenvalue weighted by Crippen LogP contribution is -2.39. The van der Waals surface area contributed by atoms with E-state index in [1.54, 1.807) is 0 Å². The van der Waals surface area contributed by atoms with Gasteiger partial charge in [-0.1, -0.05) is 31.0 Å². The number of benzene rings is 1. The molecule has 0 bridgehead atoms. The van der Waals surface area contributed by atoms with Gasteiger partial charge in [0.05, 0.1) is 6.42 Å². The van der Waals surface area contributed by atoms with Crippen LogP contribution in [-0.2, 0) is 16.0 Å². The van der Waals surface area contributed by atoms with Crippen molar-refractivity contribution in [3.05, 3.63) is 35.5 Å². The first-order valence-electron chi connectivity index (χ1n) is 10.3. The molecule has 4 rings (SSSR count). The molecule has 0 atom stereocenters. The van der Waals surface area contributed by atoms with Gasteiger partial charge in [0.15, 0.2) is 0 Å². The van der Waals surface area contributed by atoms with Crippen LogP contribution in [0, 0.1) is 12.8 Å². The SMILES string of the molecule is Cc1[nH]c2ccccc2c1CC(=O)N1CCCN(C(=O)C2CCCC2)CC1. The minimum atomic E-state index is 0.165. The summed E-state index contributed by atoms with van der Waals surface area (Å²) >= 11 is 0. The zero-order chi connectivity index (χ0) is 18.8. The van der Waals surface area contributed by atoms with Gasteiger partial charge in [0.1, 0.15) is 0 Å². The zero-order valence-electron chi connectivity index (χ0n) is 16.2. The van der Waals surface area contributed by atoms with Crippen molar-refractivity contribution in [2.45, 2.75) is 45.4 Å². The lowest BCUT2D eigenvalue weighted by molar-refractivity contribution is -0.136. The number of aromatic amines is 1. The molecule has 1 aliphatic carbocycles. The topological polar surface area (TPSA) is 56.4 Å². The predicted octanol–water partition coefficient (Wildman–Crippen LogP) is 3.27. The Morgan fingerprint density at radius 1 is 1.00 bits per heavy atom. The number of H-pyrrole nitrogens is 1. The van der Waals surface area contributed by atoms with E-state index in [0.29, 0.717) is 25.4 Å². The smallest absolute Gasteiger partial charge is 0.227 e. The van der Waals surface area contributed by atoms with E-state index < -0.39 is 0 Å². The van der Waals surface area contributed by atoms with Crippen LogP contribution in [0.4, 0.5) is 0 Å². The second kappa shape index (κ2) is 7.75. The molecule has 5 nitrogen and oxygen atoms in total. The first-order chi connectivity index (χ1) is 13.1. The van der Waals surface area contributed by atoms with Gasteiger partial charge in [-0.15, -0.1) is 0 Å². The maximum Gasteiger partial charge on any atom is 0.227 e. The summed E-state index contributed by atoms with van der Waals surface area (Å²) in [6, 6.07) is 8.15. The van der Waals surface area contributed by atoms with Crippen LogP contribution in [0.25, 0.3) is 10.9 Å². The molecule has 1 saturated heterocycles. The fourth-order valence-corrected chi connectivity index (χ4v) is 4.64. The van der Waals surface area contributed by atoms with Crippen LogP contribution in [0.1, 0.15) is 43.4 Å². The number of hydrogen-bond acceptors (Lipinski definition) is 2. The van der Waals surface area contributed by atoms with Gasteiger partial charge in [0.25, 0.3) is 0 Å². The number of carbonyl (C=O) groups excluding carboxylic acids is 2. The Bertz CT molecular complexity index is 835. The highest BCUT2D eigenvalue weighted by molar-refractivity contribution is 5.90. The molecule has 1 aromatic carbocycles. The van der Waals surface area contributed by atoms with Gasteiger partial charge in [-0.05, 0) is 37.8 Å². The normalized spacial score (nSPS) is 18.9. The number of fused-ring (bicyclic) bond motifs is 1. The van der Waals surface area contributed by atoms with E-state index in [1.807, 2.05) is 28.9 Å². The van der Waals surface area contributed by atoms with Gasteiger partial charge in [-0.2, -0.15) is 0 Å². The van der Waals surface area contributed by atoms with E-state index >= 15 is 0 Å². The molecule has 0 spiro atoms. The maximum absolute atomic E-state index is 13.0. The minimum Gasteiger partial charge on any atom is -0.358 e.